The van der Waals surface area contributed by atoms with Gasteiger partial charge in [0.1, 0.15) is 0 Å². The maximum Gasteiger partial charge on any atom is 0.0702 e. The highest BCUT2D eigenvalue weighted by atomic mass is 16.5. The molecule has 1 heterocycles. The molecule has 0 N–H and O–H groups in total. The largest absolute Gasteiger partial charge is 0.377 e. The molecule has 1 unspecified atom stereocenters. The molecule has 134 valence electrons. The number of benzene rings is 2. The zero-order valence-electron chi connectivity index (χ0n) is 15.3. The summed E-state index contributed by atoms with van der Waals surface area (Å²) in [5, 5.41) is 0. The normalized spacial score (nSPS) is 18.2. The van der Waals surface area contributed by atoms with E-state index >= 15 is 0 Å². The van der Waals surface area contributed by atoms with Gasteiger partial charge in [0, 0.05) is 26.2 Å². The predicted molar refractivity (Wildman–Crippen MR) is 105 cm³/mol. The highest BCUT2D eigenvalue weighted by Gasteiger charge is 2.17. The standard InChI is InChI=1S/C23H31NO/c1-4-10-21(11-5-1)15-17-24(18-16-22-12-6-2-7-13-22)20-23-14-8-3-9-19-25-23/h1-2,4-7,10-13,23H,3,8-9,14-20H2. The topological polar surface area (TPSA) is 12.5 Å². The lowest BCUT2D eigenvalue weighted by atomic mass is 10.1. The second-order valence-electron chi connectivity index (χ2n) is 7.11. The van der Waals surface area contributed by atoms with Gasteiger partial charge in [0.05, 0.1) is 6.10 Å². The molecule has 1 fully saturated rings. The van der Waals surface area contributed by atoms with Crippen molar-refractivity contribution in [3.63, 3.8) is 0 Å². The number of hydrogen-bond acceptors (Lipinski definition) is 2. The van der Waals surface area contributed by atoms with Crippen LogP contribution in [0.4, 0.5) is 0 Å². The lowest BCUT2D eigenvalue weighted by Gasteiger charge is -2.27. The molecule has 2 aromatic carbocycles. The molecule has 1 aliphatic rings. The van der Waals surface area contributed by atoms with Crippen molar-refractivity contribution >= 4 is 0 Å². The fraction of sp³-hybridized carbons (Fsp3) is 0.478. The third kappa shape index (κ3) is 6.64. The van der Waals surface area contributed by atoms with Crippen molar-refractivity contribution in [3.05, 3.63) is 71.8 Å². The minimum absolute atomic E-state index is 0.411. The molecule has 1 aliphatic heterocycles. The Morgan fingerprint density at radius 3 is 1.96 bits per heavy atom. The van der Waals surface area contributed by atoms with Gasteiger partial charge in [0.25, 0.3) is 0 Å². The van der Waals surface area contributed by atoms with E-state index in [-0.39, 0.29) is 0 Å². The maximum absolute atomic E-state index is 6.10. The summed E-state index contributed by atoms with van der Waals surface area (Å²) >= 11 is 0. The van der Waals surface area contributed by atoms with Gasteiger partial charge in [-0.25, -0.2) is 0 Å². The Balaban J connectivity index is 1.55. The van der Waals surface area contributed by atoms with Gasteiger partial charge in [-0.05, 0) is 36.8 Å². The first kappa shape index (κ1) is 18.2. The minimum Gasteiger partial charge on any atom is -0.377 e. The monoisotopic (exact) mass is 337 g/mol. The molecule has 0 aromatic heterocycles. The van der Waals surface area contributed by atoms with Crippen LogP contribution in [0.5, 0.6) is 0 Å². The molecule has 2 nitrogen and oxygen atoms in total. The van der Waals surface area contributed by atoms with Gasteiger partial charge in [0.15, 0.2) is 0 Å². The molecule has 3 rings (SSSR count). The summed E-state index contributed by atoms with van der Waals surface area (Å²) in [5.41, 5.74) is 2.85. The maximum atomic E-state index is 6.10. The number of nitrogens with zero attached hydrogens (tertiary/aromatic N) is 1. The van der Waals surface area contributed by atoms with Crippen molar-refractivity contribution in [2.75, 3.05) is 26.2 Å². The van der Waals surface area contributed by atoms with Gasteiger partial charge in [-0.2, -0.15) is 0 Å². The van der Waals surface area contributed by atoms with Crippen molar-refractivity contribution in [3.8, 4) is 0 Å². The second kappa shape index (κ2) is 10.4. The summed E-state index contributed by atoms with van der Waals surface area (Å²) in [6.45, 7) is 4.23. The summed E-state index contributed by atoms with van der Waals surface area (Å²) in [4.78, 5) is 2.61. The van der Waals surface area contributed by atoms with Crippen LogP contribution in [0.2, 0.25) is 0 Å². The molecular formula is C23H31NO. The van der Waals surface area contributed by atoms with Crippen molar-refractivity contribution in [1.82, 2.24) is 4.90 Å². The van der Waals surface area contributed by atoms with E-state index in [2.05, 4.69) is 65.6 Å². The third-order valence-electron chi connectivity index (χ3n) is 5.10. The van der Waals surface area contributed by atoms with Crippen LogP contribution in [0, 0.1) is 0 Å². The fourth-order valence-electron chi connectivity index (χ4n) is 3.57. The Bertz CT molecular complexity index is 532. The molecule has 1 saturated heterocycles. The van der Waals surface area contributed by atoms with Crippen molar-refractivity contribution in [2.24, 2.45) is 0 Å². The summed E-state index contributed by atoms with van der Waals surface area (Å²) in [5.74, 6) is 0. The van der Waals surface area contributed by atoms with Gasteiger partial charge in [-0.1, -0.05) is 73.5 Å². The Kier molecular flexibility index (Phi) is 7.54. The summed E-state index contributed by atoms with van der Waals surface area (Å²) in [7, 11) is 0. The fourth-order valence-corrected chi connectivity index (χ4v) is 3.57. The van der Waals surface area contributed by atoms with Crippen LogP contribution in [-0.2, 0) is 17.6 Å². The Morgan fingerprint density at radius 1 is 0.760 bits per heavy atom. The molecular weight excluding hydrogens is 306 g/mol. The zero-order valence-corrected chi connectivity index (χ0v) is 15.3. The first-order chi connectivity index (χ1) is 12.4. The SMILES string of the molecule is c1ccc(CCN(CCc2ccccc2)CC2CCCCCO2)cc1. The highest BCUT2D eigenvalue weighted by molar-refractivity contribution is 5.16. The van der Waals surface area contributed by atoms with E-state index in [1.165, 1.54) is 36.8 Å². The van der Waals surface area contributed by atoms with E-state index in [1.807, 2.05) is 0 Å². The van der Waals surface area contributed by atoms with Gasteiger partial charge >= 0.3 is 0 Å². The van der Waals surface area contributed by atoms with Crippen LogP contribution in [0.25, 0.3) is 0 Å². The quantitative estimate of drug-likeness (QED) is 0.690. The van der Waals surface area contributed by atoms with E-state index in [4.69, 9.17) is 4.74 Å². The smallest absolute Gasteiger partial charge is 0.0702 e. The van der Waals surface area contributed by atoms with E-state index in [0.29, 0.717) is 6.10 Å². The van der Waals surface area contributed by atoms with Crippen LogP contribution in [0.3, 0.4) is 0 Å². The molecule has 0 spiro atoms. The first-order valence-corrected chi connectivity index (χ1v) is 9.82. The van der Waals surface area contributed by atoms with Crippen LogP contribution in [0.15, 0.2) is 60.7 Å². The zero-order chi connectivity index (χ0) is 17.2. The van der Waals surface area contributed by atoms with E-state index in [1.54, 1.807) is 0 Å². The summed E-state index contributed by atoms with van der Waals surface area (Å²) in [6.07, 6.45) is 7.72. The van der Waals surface area contributed by atoms with Gasteiger partial charge < -0.3 is 9.64 Å². The van der Waals surface area contributed by atoms with E-state index < -0.39 is 0 Å². The molecule has 0 radical (unpaired) electrons. The summed E-state index contributed by atoms with van der Waals surface area (Å²) in [6, 6.07) is 21.7. The molecule has 0 amide bonds. The molecule has 2 aromatic rings. The van der Waals surface area contributed by atoms with Crippen molar-refractivity contribution in [1.29, 1.82) is 0 Å². The molecule has 25 heavy (non-hydrogen) atoms. The second-order valence-corrected chi connectivity index (χ2v) is 7.11. The predicted octanol–water partition coefficient (Wildman–Crippen LogP) is 4.73. The average Bonchev–Trinajstić information content (AvgIpc) is 2.94. The highest BCUT2D eigenvalue weighted by Crippen LogP contribution is 2.15. The Morgan fingerprint density at radius 2 is 1.36 bits per heavy atom. The minimum atomic E-state index is 0.411. The lowest BCUT2D eigenvalue weighted by Crippen LogP contribution is -2.36. The Labute approximate surface area is 152 Å². The van der Waals surface area contributed by atoms with Crippen molar-refractivity contribution in [2.45, 2.75) is 44.6 Å². The third-order valence-corrected chi connectivity index (χ3v) is 5.10. The van der Waals surface area contributed by atoms with E-state index in [0.717, 1.165) is 39.1 Å². The van der Waals surface area contributed by atoms with Crippen LogP contribution < -0.4 is 0 Å². The molecule has 2 heteroatoms. The van der Waals surface area contributed by atoms with Crippen molar-refractivity contribution < 1.29 is 4.74 Å². The lowest BCUT2D eigenvalue weighted by molar-refractivity contribution is 0.0307. The number of hydrogen-bond donors (Lipinski definition) is 0. The van der Waals surface area contributed by atoms with Gasteiger partial charge in [-0.15, -0.1) is 0 Å². The van der Waals surface area contributed by atoms with Crippen LogP contribution in [-0.4, -0.2) is 37.2 Å². The summed E-state index contributed by atoms with van der Waals surface area (Å²) < 4.78 is 6.10. The molecule has 0 saturated carbocycles. The molecule has 0 aliphatic carbocycles. The average molecular weight is 338 g/mol. The number of ether oxygens (including phenoxy) is 1. The Hall–Kier alpha value is -1.64. The number of rotatable bonds is 8. The van der Waals surface area contributed by atoms with Gasteiger partial charge in [-0.3, -0.25) is 0 Å². The first-order valence-electron chi connectivity index (χ1n) is 9.82. The van der Waals surface area contributed by atoms with Gasteiger partial charge in [0.2, 0.25) is 0 Å². The molecule has 0 bridgehead atoms. The van der Waals surface area contributed by atoms with Crippen LogP contribution >= 0.6 is 0 Å². The van der Waals surface area contributed by atoms with E-state index in [9.17, 15) is 0 Å². The van der Waals surface area contributed by atoms with Crippen LogP contribution in [0.1, 0.15) is 36.8 Å². The molecule has 1 atom stereocenters.